The number of fused-ring (bicyclic) bond motifs is 2. The lowest BCUT2D eigenvalue weighted by Crippen LogP contribution is -2.41. The molecule has 0 heterocycles. The van der Waals surface area contributed by atoms with Crippen LogP contribution < -0.4 is 10.6 Å². The highest BCUT2D eigenvalue weighted by Gasteiger charge is 2.31. The fraction of sp³-hybridized carbons (Fsp3) is 0.238. The van der Waals surface area contributed by atoms with E-state index in [-0.39, 0.29) is 34.9 Å². The summed E-state index contributed by atoms with van der Waals surface area (Å²) in [6, 6.07) is 10.4. The van der Waals surface area contributed by atoms with E-state index in [0.717, 1.165) is 0 Å². The standard InChI is InChI=1S/C21H20N2O5S/c1-29-10-9-16(21(27)28)22-11-17(24)23-15-8-4-7-14-18(15)20(26)13-6-3-2-5-12(13)19(14)25/h2-8,16,22H,9-11H2,1H3,(H,23,24)(H,27,28)/t16-/m0/s1. The SMILES string of the molecule is CSCC[C@H](NCC(=O)Nc1cccc2c1C(=O)c1ccccc1C2=O)C(=O)O. The van der Waals surface area contributed by atoms with E-state index in [1.807, 2.05) is 6.26 Å². The molecule has 0 fully saturated rings. The van der Waals surface area contributed by atoms with Crippen molar-refractivity contribution in [3.05, 3.63) is 64.7 Å². The molecule has 0 radical (unpaired) electrons. The Kier molecular flexibility index (Phi) is 6.46. The largest absolute Gasteiger partial charge is 0.480 e. The Hall–Kier alpha value is -2.97. The molecule has 0 bridgehead atoms. The molecule has 1 amide bonds. The van der Waals surface area contributed by atoms with Gasteiger partial charge in [0.25, 0.3) is 0 Å². The third-order valence-corrected chi connectivity index (χ3v) is 5.29. The van der Waals surface area contributed by atoms with Crippen LogP contribution in [0.1, 0.15) is 38.3 Å². The zero-order valence-electron chi connectivity index (χ0n) is 15.7. The molecule has 1 aliphatic rings. The zero-order valence-corrected chi connectivity index (χ0v) is 16.5. The molecule has 8 heteroatoms. The minimum absolute atomic E-state index is 0.154. The fourth-order valence-electron chi connectivity index (χ4n) is 3.21. The van der Waals surface area contributed by atoms with Crippen molar-refractivity contribution in [2.75, 3.05) is 23.9 Å². The lowest BCUT2D eigenvalue weighted by molar-refractivity contribution is -0.139. The summed E-state index contributed by atoms with van der Waals surface area (Å²) in [6.07, 6.45) is 2.26. The van der Waals surface area contributed by atoms with Gasteiger partial charge in [-0.2, -0.15) is 11.8 Å². The van der Waals surface area contributed by atoms with E-state index in [1.165, 1.54) is 11.8 Å². The number of hydrogen-bond acceptors (Lipinski definition) is 6. The molecule has 0 saturated heterocycles. The average molecular weight is 412 g/mol. The van der Waals surface area contributed by atoms with Gasteiger partial charge in [-0.3, -0.25) is 24.5 Å². The third-order valence-electron chi connectivity index (χ3n) is 4.64. The zero-order chi connectivity index (χ0) is 21.0. The van der Waals surface area contributed by atoms with Crippen molar-refractivity contribution >= 4 is 40.9 Å². The van der Waals surface area contributed by atoms with Crippen LogP contribution >= 0.6 is 11.8 Å². The molecule has 0 saturated carbocycles. The Morgan fingerprint density at radius 3 is 2.31 bits per heavy atom. The van der Waals surface area contributed by atoms with Gasteiger partial charge in [-0.15, -0.1) is 0 Å². The summed E-state index contributed by atoms with van der Waals surface area (Å²) in [6.45, 7) is -0.228. The van der Waals surface area contributed by atoms with Crippen LogP contribution in [0.3, 0.4) is 0 Å². The van der Waals surface area contributed by atoms with Crippen molar-refractivity contribution < 1.29 is 24.3 Å². The molecule has 0 aromatic heterocycles. The first-order valence-corrected chi connectivity index (χ1v) is 10.4. The van der Waals surface area contributed by atoms with E-state index in [1.54, 1.807) is 42.5 Å². The average Bonchev–Trinajstić information content (AvgIpc) is 2.71. The maximum absolute atomic E-state index is 12.9. The van der Waals surface area contributed by atoms with E-state index >= 15 is 0 Å². The Bertz CT molecular complexity index is 989. The molecule has 29 heavy (non-hydrogen) atoms. The Morgan fingerprint density at radius 1 is 1.00 bits per heavy atom. The Labute approximate surface area is 171 Å². The summed E-state index contributed by atoms with van der Waals surface area (Å²) in [4.78, 5) is 49.3. The van der Waals surface area contributed by atoms with E-state index in [9.17, 15) is 24.3 Å². The summed E-state index contributed by atoms with van der Waals surface area (Å²) in [5, 5.41) is 14.6. The number of rotatable bonds is 8. The first-order valence-electron chi connectivity index (χ1n) is 9.00. The number of carboxylic acid groups (broad SMARTS) is 1. The molecule has 0 spiro atoms. The number of thioether (sulfide) groups is 1. The van der Waals surface area contributed by atoms with Gasteiger partial charge in [0, 0.05) is 16.7 Å². The summed E-state index contributed by atoms with van der Waals surface area (Å²) < 4.78 is 0. The molecule has 2 aromatic rings. The second-order valence-electron chi connectivity index (χ2n) is 6.53. The monoisotopic (exact) mass is 412 g/mol. The number of benzene rings is 2. The smallest absolute Gasteiger partial charge is 0.320 e. The van der Waals surface area contributed by atoms with Crippen molar-refractivity contribution in [2.45, 2.75) is 12.5 Å². The number of nitrogens with one attached hydrogen (secondary N) is 2. The van der Waals surface area contributed by atoms with E-state index in [2.05, 4.69) is 10.6 Å². The molecule has 3 N–H and O–H groups in total. The Balaban J connectivity index is 1.78. The molecule has 1 atom stereocenters. The molecule has 1 aliphatic carbocycles. The van der Waals surface area contributed by atoms with Crippen molar-refractivity contribution in [1.82, 2.24) is 5.32 Å². The fourth-order valence-corrected chi connectivity index (χ4v) is 3.68. The number of aliphatic carboxylic acids is 1. The lowest BCUT2D eigenvalue weighted by Gasteiger charge is -2.20. The lowest BCUT2D eigenvalue weighted by atomic mass is 9.83. The van der Waals surface area contributed by atoms with Crippen LogP contribution in [0.4, 0.5) is 5.69 Å². The van der Waals surface area contributed by atoms with Gasteiger partial charge in [-0.1, -0.05) is 36.4 Å². The molecule has 0 unspecified atom stereocenters. The molecular formula is C21H20N2O5S. The molecule has 3 rings (SSSR count). The number of carboxylic acids is 1. The second-order valence-corrected chi connectivity index (χ2v) is 7.52. The predicted octanol–water partition coefficient (Wildman–Crippen LogP) is 2.20. The summed E-state index contributed by atoms with van der Waals surface area (Å²) in [5.74, 6) is -1.47. The molecule has 150 valence electrons. The maximum Gasteiger partial charge on any atom is 0.320 e. The van der Waals surface area contributed by atoms with Gasteiger partial charge < -0.3 is 10.4 Å². The van der Waals surface area contributed by atoms with Gasteiger partial charge in [0.1, 0.15) is 6.04 Å². The molecule has 2 aromatic carbocycles. The summed E-state index contributed by atoms with van der Waals surface area (Å²) in [5.41, 5.74) is 1.27. The number of carbonyl (C=O) groups is 4. The first-order chi connectivity index (χ1) is 13.9. The van der Waals surface area contributed by atoms with Crippen LogP contribution in [-0.2, 0) is 9.59 Å². The van der Waals surface area contributed by atoms with Gasteiger partial charge in [0.2, 0.25) is 5.91 Å². The van der Waals surface area contributed by atoms with Gasteiger partial charge in [0.05, 0.1) is 17.8 Å². The normalized spacial score (nSPS) is 13.4. The highest BCUT2D eigenvalue weighted by Crippen LogP contribution is 2.31. The van der Waals surface area contributed by atoms with Crippen LogP contribution in [0.2, 0.25) is 0 Å². The topological polar surface area (TPSA) is 113 Å². The van der Waals surface area contributed by atoms with Gasteiger partial charge in [-0.25, -0.2) is 0 Å². The molecule has 7 nitrogen and oxygen atoms in total. The number of ketones is 2. The van der Waals surface area contributed by atoms with Crippen LogP contribution in [0.5, 0.6) is 0 Å². The summed E-state index contributed by atoms with van der Waals surface area (Å²) >= 11 is 1.52. The second kappa shape index (κ2) is 9.02. The predicted molar refractivity (Wildman–Crippen MR) is 111 cm³/mol. The van der Waals surface area contributed by atoms with Crippen molar-refractivity contribution in [3.63, 3.8) is 0 Å². The number of anilines is 1. The van der Waals surface area contributed by atoms with Crippen LogP contribution in [-0.4, -0.2) is 53.1 Å². The highest BCUT2D eigenvalue weighted by atomic mass is 32.2. The van der Waals surface area contributed by atoms with Crippen LogP contribution in [0.25, 0.3) is 0 Å². The molecule has 0 aliphatic heterocycles. The van der Waals surface area contributed by atoms with Crippen LogP contribution in [0.15, 0.2) is 42.5 Å². The minimum atomic E-state index is -1.03. The van der Waals surface area contributed by atoms with Crippen LogP contribution in [0, 0.1) is 0 Å². The van der Waals surface area contributed by atoms with Gasteiger partial charge in [0.15, 0.2) is 11.6 Å². The Morgan fingerprint density at radius 2 is 1.66 bits per heavy atom. The van der Waals surface area contributed by atoms with E-state index < -0.39 is 17.9 Å². The van der Waals surface area contributed by atoms with Crippen molar-refractivity contribution in [3.8, 4) is 0 Å². The van der Waals surface area contributed by atoms with E-state index in [0.29, 0.717) is 23.3 Å². The van der Waals surface area contributed by atoms with Crippen molar-refractivity contribution in [2.24, 2.45) is 0 Å². The number of hydrogen-bond donors (Lipinski definition) is 3. The van der Waals surface area contributed by atoms with Crippen molar-refractivity contribution in [1.29, 1.82) is 0 Å². The van der Waals surface area contributed by atoms with Gasteiger partial charge in [-0.05, 0) is 24.5 Å². The summed E-state index contributed by atoms with van der Waals surface area (Å²) in [7, 11) is 0. The maximum atomic E-state index is 12.9. The third kappa shape index (κ3) is 4.38. The number of carbonyl (C=O) groups excluding carboxylic acids is 3. The minimum Gasteiger partial charge on any atom is -0.480 e. The highest BCUT2D eigenvalue weighted by molar-refractivity contribution is 7.98. The first kappa shape index (κ1) is 20.8. The molecular weight excluding hydrogens is 392 g/mol. The quantitative estimate of drug-likeness (QED) is 0.520. The van der Waals surface area contributed by atoms with E-state index in [4.69, 9.17) is 0 Å². The number of amides is 1. The van der Waals surface area contributed by atoms with Gasteiger partial charge >= 0.3 is 5.97 Å².